The Balaban J connectivity index is 2.26. The molecule has 0 aliphatic heterocycles. The fraction of sp³-hybridized carbons (Fsp3) is 0.286. The van der Waals surface area contributed by atoms with Crippen LogP contribution < -0.4 is 0 Å². The number of aryl methyl sites for hydroxylation is 1. The van der Waals surface area contributed by atoms with E-state index in [1.165, 1.54) is 12.1 Å². The topological polar surface area (TPSA) is 39.9 Å². The van der Waals surface area contributed by atoms with E-state index < -0.39 is 11.9 Å². The van der Waals surface area contributed by atoms with Crippen LogP contribution in [0.2, 0.25) is 5.02 Å². The first-order valence-corrected chi connectivity index (χ1v) is 7.17. The van der Waals surface area contributed by atoms with Crippen molar-refractivity contribution in [2.75, 3.05) is 7.05 Å². The Hall–Kier alpha value is -1.48. The van der Waals surface area contributed by atoms with Crippen molar-refractivity contribution in [3.05, 3.63) is 50.7 Å². The van der Waals surface area contributed by atoms with Crippen LogP contribution in [-0.2, 0) is 6.54 Å². The maximum atomic E-state index is 13.9. The first kappa shape index (κ1) is 14.9. The number of hydrogen-bond acceptors (Lipinski definition) is 4. The molecule has 0 N–H and O–H groups in total. The highest BCUT2D eigenvalue weighted by atomic mass is 35.5. The highest BCUT2D eigenvalue weighted by Crippen LogP contribution is 2.30. The highest BCUT2D eigenvalue weighted by Gasteiger charge is 2.23. The number of benzene rings is 1. The second kappa shape index (κ2) is 6.31. The van der Waals surface area contributed by atoms with Gasteiger partial charge < -0.3 is 0 Å². The van der Waals surface area contributed by atoms with Gasteiger partial charge in [0.2, 0.25) is 0 Å². The summed E-state index contributed by atoms with van der Waals surface area (Å²) in [4.78, 5) is 6.96. The van der Waals surface area contributed by atoms with E-state index in [0.717, 1.165) is 9.88 Å². The summed E-state index contributed by atoms with van der Waals surface area (Å²) in [5, 5.41) is 10.6. The summed E-state index contributed by atoms with van der Waals surface area (Å²) in [5.41, 5.74) is 0.223. The summed E-state index contributed by atoms with van der Waals surface area (Å²) in [6, 6.07) is 5.82. The molecule has 20 heavy (non-hydrogen) atoms. The molecule has 0 bridgehead atoms. The van der Waals surface area contributed by atoms with Gasteiger partial charge in [-0.05, 0) is 26.1 Å². The van der Waals surface area contributed by atoms with Gasteiger partial charge in [-0.1, -0.05) is 17.7 Å². The average molecular weight is 310 g/mol. The van der Waals surface area contributed by atoms with Crippen LogP contribution in [0.15, 0.2) is 24.4 Å². The van der Waals surface area contributed by atoms with Gasteiger partial charge in [-0.25, -0.2) is 9.37 Å². The minimum absolute atomic E-state index is 0.223. The molecule has 0 spiro atoms. The third kappa shape index (κ3) is 3.15. The summed E-state index contributed by atoms with van der Waals surface area (Å²) in [5.74, 6) is -0.462. The fourth-order valence-electron chi connectivity index (χ4n) is 1.97. The summed E-state index contributed by atoms with van der Waals surface area (Å²) in [6.07, 6.45) is 1.77. The van der Waals surface area contributed by atoms with Crippen molar-refractivity contribution >= 4 is 22.9 Å². The van der Waals surface area contributed by atoms with E-state index in [1.54, 1.807) is 35.5 Å². The molecule has 0 aliphatic rings. The lowest BCUT2D eigenvalue weighted by atomic mass is 10.1. The van der Waals surface area contributed by atoms with Gasteiger partial charge >= 0.3 is 0 Å². The Morgan fingerprint density at radius 1 is 1.55 bits per heavy atom. The molecule has 1 atom stereocenters. The standard InChI is InChI=1S/C14H13ClFN3S/c1-9-18-7-10(20-9)8-19(2)13(6-17)14-11(15)4-3-5-12(14)16/h3-5,7,13H,8H2,1-2H3. The smallest absolute Gasteiger partial charge is 0.130 e. The van der Waals surface area contributed by atoms with Crippen LogP contribution in [0.3, 0.4) is 0 Å². The van der Waals surface area contributed by atoms with Gasteiger partial charge in [-0.2, -0.15) is 5.26 Å². The molecule has 104 valence electrons. The van der Waals surface area contributed by atoms with Crippen molar-refractivity contribution in [2.24, 2.45) is 0 Å². The van der Waals surface area contributed by atoms with Crippen molar-refractivity contribution in [3.8, 4) is 6.07 Å². The lowest BCUT2D eigenvalue weighted by Crippen LogP contribution is -2.23. The zero-order valence-electron chi connectivity index (χ0n) is 11.1. The van der Waals surface area contributed by atoms with Crippen LogP contribution in [0, 0.1) is 24.1 Å². The number of rotatable bonds is 4. The van der Waals surface area contributed by atoms with Crippen LogP contribution in [-0.4, -0.2) is 16.9 Å². The van der Waals surface area contributed by atoms with Crippen LogP contribution in [0.1, 0.15) is 21.5 Å². The van der Waals surface area contributed by atoms with E-state index in [9.17, 15) is 9.65 Å². The van der Waals surface area contributed by atoms with Crippen LogP contribution >= 0.6 is 22.9 Å². The maximum Gasteiger partial charge on any atom is 0.130 e. The van der Waals surface area contributed by atoms with Crippen molar-refractivity contribution in [3.63, 3.8) is 0 Å². The number of aromatic nitrogens is 1. The molecule has 0 aliphatic carbocycles. The number of nitrogens with zero attached hydrogens (tertiary/aromatic N) is 3. The highest BCUT2D eigenvalue weighted by molar-refractivity contribution is 7.11. The van der Waals surface area contributed by atoms with Crippen molar-refractivity contribution in [2.45, 2.75) is 19.5 Å². The average Bonchev–Trinajstić information content (AvgIpc) is 2.79. The third-order valence-electron chi connectivity index (χ3n) is 2.91. The summed E-state index contributed by atoms with van der Waals surface area (Å²) in [6.45, 7) is 2.44. The Morgan fingerprint density at radius 3 is 2.85 bits per heavy atom. The zero-order chi connectivity index (χ0) is 14.7. The molecule has 3 nitrogen and oxygen atoms in total. The molecular weight excluding hydrogens is 297 g/mol. The van der Waals surface area contributed by atoms with E-state index in [-0.39, 0.29) is 10.6 Å². The Kier molecular flexibility index (Phi) is 4.71. The molecule has 1 aromatic carbocycles. The Bertz CT molecular complexity index is 630. The summed E-state index contributed by atoms with van der Waals surface area (Å²) in [7, 11) is 1.77. The molecule has 0 amide bonds. The zero-order valence-corrected chi connectivity index (χ0v) is 12.7. The molecule has 1 unspecified atom stereocenters. The molecular formula is C14H13ClFN3S. The van der Waals surface area contributed by atoms with Crippen molar-refractivity contribution < 1.29 is 4.39 Å². The van der Waals surface area contributed by atoms with Gasteiger partial charge in [-0.15, -0.1) is 11.3 Å². The number of hydrogen-bond donors (Lipinski definition) is 0. The number of halogens is 2. The van der Waals surface area contributed by atoms with Gasteiger partial charge in [0.25, 0.3) is 0 Å². The van der Waals surface area contributed by atoms with Gasteiger partial charge in [0.05, 0.1) is 11.1 Å². The van der Waals surface area contributed by atoms with E-state index in [1.807, 2.05) is 6.92 Å². The predicted octanol–water partition coefficient (Wildman–Crippen LogP) is 3.94. The fourth-order valence-corrected chi connectivity index (χ4v) is 3.10. The Morgan fingerprint density at radius 2 is 2.30 bits per heavy atom. The molecule has 0 saturated carbocycles. The largest absolute Gasteiger partial charge is 0.282 e. The van der Waals surface area contributed by atoms with Crippen LogP contribution in [0.25, 0.3) is 0 Å². The molecule has 2 aromatic rings. The van der Waals surface area contributed by atoms with Gasteiger partial charge in [0.1, 0.15) is 11.9 Å². The molecule has 0 saturated heterocycles. The first-order valence-electron chi connectivity index (χ1n) is 5.98. The lowest BCUT2D eigenvalue weighted by molar-refractivity contribution is 0.280. The van der Waals surface area contributed by atoms with Crippen molar-refractivity contribution in [1.82, 2.24) is 9.88 Å². The second-order valence-electron chi connectivity index (χ2n) is 4.43. The number of nitriles is 1. The van der Waals surface area contributed by atoms with Gasteiger partial charge in [0.15, 0.2) is 0 Å². The van der Waals surface area contributed by atoms with Gasteiger partial charge in [0, 0.05) is 28.2 Å². The molecule has 2 rings (SSSR count). The minimum Gasteiger partial charge on any atom is -0.282 e. The number of thiazole rings is 1. The van der Waals surface area contributed by atoms with Crippen LogP contribution in [0.4, 0.5) is 4.39 Å². The molecule has 0 fully saturated rings. The van der Waals surface area contributed by atoms with E-state index in [4.69, 9.17) is 11.6 Å². The molecule has 1 aromatic heterocycles. The molecule has 6 heteroatoms. The predicted molar refractivity (Wildman–Crippen MR) is 78.1 cm³/mol. The van der Waals surface area contributed by atoms with Gasteiger partial charge in [-0.3, -0.25) is 4.90 Å². The quantitative estimate of drug-likeness (QED) is 0.859. The second-order valence-corrected chi connectivity index (χ2v) is 6.15. The van der Waals surface area contributed by atoms with E-state index >= 15 is 0 Å². The summed E-state index contributed by atoms with van der Waals surface area (Å²) >= 11 is 7.59. The molecule has 0 radical (unpaired) electrons. The normalized spacial score (nSPS) is 12.4. The Labute approximate surface area is 126 Å². The van der Waals surface area contributed by atoms with Crippen molar-refractivity contribution in [1.29, 1.82) is 5.26 Å². The monoisotopic (exact) mass is 309 g/mol. The lowest BCUT2D eigenvalue weighted by Gasteiger charge is -2.23. The SMILES string of the molecule is Cc1ncc(CN(C)C(C#N)c2c(F)cccc2Cl)s1. The maximum absolute atomic E-state index is 13.9. The van der Waals surface area contributed by atoms with E-state index in [2.05, 4.69) is 11.1 Å². The first-order chi connectivity index (χ1) is 9.52. The van der Waals surface area contributed by atoms with Crippen LogP contribution in [0.5, 0.6) is 0 Å². The minimum atomic E-state index is -0.730. The summed E-state index contributed by atoms with van der Waals surface area (Å²) < 4.78 is 13.9. The third-order valence-corrected chi connectivity index (χ3v) is 4.14. The molecule has 1 heterocycles. The van der Waals surface area contributed by atoms with E-state index in [0.29, 0.717) is 6.54 Å².